The summed E-state index contributed by atoms with van der Waals surface area (Å²) in [6.07, 6.45) is 4.44. The standard InChI is InChI=1S/C20H20ClN3OS2/c1-26-16-10-6-14(7-11-16)13-27-20-23-22-19(24(20)15-8-9-15)12-25-18-5-3-2-4-17(18)21/h2-7,10-11,15H,8-9,12-13H2,1H3. The molecule has 0 spiro atoms. The van der Waals surface area contributed by atoms with E-state index in [0.717, 1.165) is 16.7 Å². The Morgan fingerprint density at radius 3 is 2.59 bits per heavy atom. The van der Waals surface area contributed by atoms with Crippen molar-refractivity contribution in [2.45, 2.75) is 41.3 Å². The Hall–Kier alpha value is -1.63. The van der Waals surface area contributed by atoms with Crippen molar-refractivity contribution in [2.75, 3.05) is 6.26 Å². The van der Waals surface area contributed by atoms with Crippen LogP contribution in [0.5, 0.6) is 5.75 Å². The second-order valence-electron chi connectivity index (χ2n) is 6.36. The molecule has 1 heterocycles. The minimum absolute atomic E-state index is 0.371. The predicted molar refractivity (Wildman–Crippen MR) is 112 cm³/mol. The van der Waals surface area contributed by atoms with Gasteiger partial charge in [0.15, 0.2) is 11.0 Å². The summed E-state index contributed by atoms with van der Waals surface area (Å²) < 4.78 is 8.11. The summed E-state index contributed by atoms with van der Waals surface area (Å²) >= 11 is 9.66. The third-order valence-electron chi connectivity index (χ3n) is 4.37. The van der Waals surface area contributed by atoms with E-state index in [4.69, 9.17) is 16.3 Å². The van der Waals surface area contributed by atoms with Crippen LogP contribution >= 0.6 is 35.1 Å². The van der Waals surface area contributed by atoms with Gasteiger partial charge < -0.3 is 4.74 Å². The first-order valence-electron chi connectivity index (χ1n) is 8.81. The number of rotatable bonds is 8. The van der Waals surface area contributed by atoms with Gasteiger partial charge in [-0.1, -0.05) is 47.6 Å². The molecule has 0 N–H and O–H groups in total. The average molecular weight is 418 g/mol. The Bertz CT molecular complexity index is 910. The molecule has 2 aromatic carbocycles. The van der Waals surface area contributed by atoms with Crippen LogP contribution in [-0.2, 0) is 12.4 Å². The maximum Gasteiger partial charge on any atom is 0.191 e. The number of benzene rings is 2. The highest BCUT2D eigenvalue weighted by Gasteiger charge is 2.29. The molecule has 0 amide bonds. The van der Waals surface area contributed by atoms with E-state index < -0.39 is 0 Å². The van der Waals surface area contributed by atoms with Crippen molar-refractivity contribution in [1.82, 2.24) is 14.8 Å². The summed E-state index contributed by atoms with van der Waals surface area (Å²) in [6, 6.07) is 16.7. The lowest BCUT2D eigenvalue weighted by atomic mass is 10.2. The van der Waals surface area contributed by atoms with E-state index in [2.05, 4.69) is 45.3 Å². The highest BCUT2D eigenvalue weighted by Crippen LogP contribution is 2.39. The van der Waals surface area contributed by atoms with Gasteiger partial charge in [0.05, 0.1) is 5.02 Å². The lowest BCUT2D eigenvalue weighted by molar-refractivity contribution is 0.288. The monoisotopic (exact) mass is 417 g/mol. The van der Waals surface area contributed by atoms with Crippen LogP contribution in [-0.4, -0.2) is 21.0 Å². The van der Waals surface area contributed by atoms with E-state index in [0.29, 0.717) is 23.4 Å². The van der Waals surface area contributed by atoms with Gasteiger partial charge in [-0.15, -0.1) is 22.0 Å². The van der Waals surface area contributed by atoms with Crippen LogP contribution in [0.1, 0.15) is 30.3 Å². The third kappa shape index (κ3) is 4.62. The van der Waals surface area contributed by atoms with Crippen molar-refractivity contribution >= 4 is 35.1 Å². The summed E-state index contributed by atoms with van der Waals surface area (Å²) in [7, 11) is 0. The predicted octanol–water partition coefficient (Wildman–Crippen LogP) is 5.86. The summed E-state index contributed by atoms with van der Waals surface area (Å²) in [5.41, 5.74) is 1.29. The Kier molecular flexibility index (Phi) is 5.95. The lowest BCUT2D eigenvalue weighted by Gasteiger charge is -2.11. The molecule has 0 unspecified atom stereocenters. The average Bonchev–Trinajstić information content (AvgIpc) is 3.46. The van der Waals surface area contributed by atoms with Crippen LogP contribution < -0.4 is 4.74 Å². The summed E-state index contributed by atoms with van der Waals surface area (Å²) in [6.45, 7) is 0.371. The molecule has 1 fully saturated rings. The van der Waals surface area contributed by atoms with Gasteiger partial charge in [0.1, 0.15) is 12.4 Å². The molecule has 1 aliphatic rings. The number of nitrogens with zero attached hydrogens (tertiary/aromatic N) is 3. The number of halogens is 1. The van der Waals surface area contributed by atoms with Crippen LogP contribution in [0.15, 0.2) is 58.6 Å². The number of thioether (sulfide) groups is 2. The minimum atomic E-state index is 0.371. The topological polar surface area (TPSA) is 39.9 Å². The van der Waals surface area contributed by atoms with Crippen LogP contribution in [0, 0.1) is 0 Å². The van der Waals surface area contributed by atoms with Crippen molar-refractivity contribution in [3.8, 4) is 5.75 Å². The first-order chi connectivity index (χ1) is 13.2. The van der Waals surface area contributed by atoms with E-state index >= 15 is 0 Å². The van der Waals surface area contributed by atoms with Gasteiger partial charge in [-0.3, -0.25) is 4.57 Å². The number of aromatic nitrogens is 3. The van der Waals surface area contributed by atoms with Gasteiger partial charge in [0.2, 0.25) is 0 Å². The fourth-order valence-electron chi connectivity index (χ4n) is 2.78. The molecule has 0 radical (unpaired) electrons. The maximum absolute atomic E-state index is 6.18. The molecule has 27 heavy (non-hydrogen) atoms. The molecule has 1 saturated carbocycles. The summed E-state index contributed by atoms with van der Waals surface area (Å²) in [4.78, 5) is 1.28. The Balaban J connectivity index is 1.45. The molecule has 0 aliphatic heterocycles. The molecule has 0 saturated heterocycles. The minimum Gasteiger partial charge on any atom is -0.484 e. The van der Waals surface area contributed by atoms with Crippen molar-refractivity contribution in [2.24, 2.45) is 0 Å². The van der Waals surface area contributed by atoms with Crippen molar-refractivity contribution < 1.29 is 4.74 Å². The quantitative estimate of drug-likeness (QED) is 0.429. The normalized spacial score (nSPS) is 13.7. The largest absolute Gasteiger partial charge is 0.484 e. The molecule has 1 aromatic heterocycles. The zero-order valence-electron chi connectivity index (χ0n) is 15.0. The SMILES string of the molecule is CSc1ccc(CSc2nnc(COc3ccccc3Cl)n2C2CC2)cc1. The van der Waals surface area contributed by atoms with E-state index in [1.807, 2.05) is 24.3 Å². The van der Waals surface area contributed by atoms with Gasteiger partial charge in [-0.05, 0) is 48.9 Å². The number of hydrogen-bond acceptors (Lipinski definition) is 5. The highest BCUT2D eigenvalue weighted by atomic mass is 35.5. The van der Waals surface area contributed by atoms with Crippen molar-refractivity contribution in [3.63, 3.8) is 0 Å². The van der Waals surface area contributed by atoms with Crippen LogP contribution in [0.25, 0.3) is 0 Å². The molecular formula is C20H20ClN3OS2. The zero-order chi connectivity index (χ0) is 18.6. The van der Waals surface area contributed by atoms with E-state index in [1.165, 1.54) is 23.3 Å². The molecule has 0 bridgehead atoms. The van der Waals surface area contributed by atoms with Gasteiger partial charge in [-0.2, -0.15) is 0 Å². The molecular weight excluding hydrogens is 398 g/mol. The molecule has 0 atom stereocenters. The van der Waals surface area contributed by atoms with E-state index in [9.17, 15) is 0 Å². The van der Waals surface area contributed by atoms with Crippen LogP contribution in [0.2, 0.25) is 5.02 Å². The summed E-state index contributed by atoms with van der Waals surface area (Å²) in [5.74, 6) is 2.41. The highest BCUT2D eigenvalue weighted by molar-refractivity contribution is 7.98. The second kappa shape index (κ2) is 8.59. The Morgan fingerprint density at radius 2 is 1.89 bits per heavy atom. The molecule has 140 valence electrons. The van der Waals surface area contributed by atoms with Crippen LogP contribution in [0.3, 0.4) is 0 Å². The molecule has 4 nitrogen and oxygen atoms in total. The first-order valence-corrected chi connectivity index (χ1v) is 11.4. The van der Waals surface area contributed by atoms with Crippen LogP contribution in [0.4, 0.5) is 0 Å². The lowest BCUT2D eigenvalue weighted by Crippen LogP contribution is -2.07. The summed E-state index contributed by atoms with van der Waals surface area (Å²) in [5, 5.41) is 10.4. The third-order valence-corrected chi connectivity index (χ3v) is 6.44. The number of para-hydroxylation sites is 1. The molecule has 3 aromatic rings. The second-order valence-corrected chi connectivity index (χ2v) is 8.59. The zero-order valence-corrected chi connectivity index (χ0v) is 17.4. The molecule has 7 heteroatoms. The Morgan fingerprint density at radius 1 is 1.11 bits per heavy atom. The molecule has 4 rings (SSSR count). The number of ether oxygens (including phenoxy) is 1. The van der Waals surface area contributed by atoms with Gasteiger partial charge in [-0.25, -0.2) is 0 Å². The number of hydrogen-bond donors (Lipinski definition) is 0. The van der Waals surface area contributed by atoms with Crippen molar-refractivity contribution in [1.29, 1.82) is 0 Å². The van der Waals surface area contributed by atoms with Gasteiger partial charge in [0.25, 0.3) is 0 Å². The molecule has 1 aliphatic carbocycles. The van der Waals surface area contributed by atoms with Gasteiger partial charge >= 0.3 is 0 Å². The smallest absolute Gasteiger partial charge is 0.191 e. The van der Waals surface area contributed by atoms with Crippen molar-refractivity contribution in [3.05, 3.63) is 64.9 Å². The van der Waals surface area contributed by atoms with E-state index in [-0.39, 0.29) is 0 Å². The fourth-order valence-corrected chi connectivity index (χ4v) is 4.36. The van der Waals surface area contributed by atoms with Gasteiger partial charge in [0, 0.05) is 16.7 Å². The fraction of sp³-hybridized carbons (Fsp3) is 0.300. The first kappa shape index (κ1) is 18.7. The Labute approximate surface area is 172 Å². The van der Waals surface area contributed by atoms with E-state index in [1.54, 1.807) is 23.5 Å². The maximum atomic E-state index is 6.18.